The molecule has 0 amide bonds. The topological polar surface area (TPSA) is 40.5 Å². The summed E-state index contributed by atoms with van der Waals surface area (Å²) in [6.45, 7) is 2.19. The summed E-state index contributed by atoms with van der Waals surface area (Å²) < 4.78 is 0. The van der Waals surface area contributed by atoms with Crippen LogP contribution in [-0.2, 0) is 5.41 Å². The van der Waals surface area contributed by atoms with E-state index in [1.807, 2.05) is 6.07 Å². The number of hydrogen-bond donors (Lipinski definition) is 2. The van der Waals surface area contributed by atoms with Gasteiger partial charge in [-0.15, -0.1) is 0 Å². The highest BCUT2D eigenvalue weighted by atomic mass is 16.3. The van der Waals surface area contributed by atoms with Crippen LogP contribution >= 0.6 is 0 Å². The van der Waals surface area contributed by atoms with Gasteiger partial charge in [0, 0.05) is 10.8 Å². The highest BCUT2D eigenvalue weighted by molar-refractivity contribution is 5.88. The van der Waals surface area contributed by atoms with Gasteiger partial charge in [-0.1, -0.05) is 43.3 Å². The summed E-state index contributed by atoms with van der Waals surface area (Å²) in [7, 11) is 0. The summed E-state index contributed by atoms with van der Waals surface area (Å²) in [6.07, 6.45) is 2.03. The summed E-state index contributed by atoms with van der Waals surface area (Å²) >= 11 is 0. The first kappa shape index (κ1) is 12.2. The quantitative estimate of drug-likeness (QED) is 0.777. The fourth-order valence-corrected chi connectivity index (χ4v) is 5.64. The average Bonchev–Trinajstić information content (AvgIpc) is 3.14. The van der Waals surface area contributed by atoms with Gasteiger partial charge in [-0.2, -0.15) is 0 Å². The summed E-state index contributed by atoms with van der Waals surface area (Å²) in [5, 5.41) is 23.7. The minimum absolute atomic E-state index is 0.116. The Kier molecular flexibility index (Phi) is 2.03. The summed E-state index contributed by atoms with van der Waals surface area (Å²) in [6, 6.07) is 12.7. The van der Waals surface area contributed by atoms with Crippen molar-refractivity contribution < 1.29 is 10.2 Å². The van der Waals surface area contributed by atoms with Gasteiger partial charge in [0.1, 0.15) is 0 Å². The zero-order valence-electron chi connectivity index (χ0n) is 12.2. The SMILES string of the molecule is C[C@]12C[C@H](O)c3c(ccc4ccccc34)[C@@]13C[C@H]3C[C@@H]2O. The van der Waals surface area contributed by atoms with Gasteiger partial charge in [0.25, 0.3) is 0 Å². The Labute approximate surface area is 124 Å². The Morgan fingerprint density at radius 2 is 1.86 bits per heavy atom. The van der Waals surface area contributed by atoms with Crippen LogP contribution in [0.3, 0.4) is 0 Å². The van der Waals surface area contributed by atoms with Crippen molar-refractivity contribution in [3.8, 4) is 0 Å². The predicted octanol–water partition coefficient (Wildman–Crippen LogP) is 3.31. The van der Waals surface area contributed by atoms with Crippen LogP contribution in [0.2, 0.25) is 0 Å². The van der Waals surface area contributed by atoms with Gasteiger partial charge in [0.2, 0.25) is 0 Å². The molecule has 2 aromatic carbocycles. The van der Waals surface area contributed by atoms with E-state index in [4.69, 9.17) is 0 Å². The molecule has 0 aromatic heterocycles. The normalized spacial score (nSPS) is 43.3. The third-order valence-electron chi connectivity index (χ3n) is 6.77. The Balaban J connectivity index is 1.85. The minimum atomic E-state index is -0.462. The van der Waals surface area contributed by atoms with Crippen molar-refractivity contribution in [2.24, 2.45) is 11.3 Å². The molecule has 0 aliphatic heterocycles. The van der Waals surface area contributed by atoms with E-state index in [2.05, 4.69) is 37.3 Å². The van der Waals surface area contributed by atoms with E-state index < -0.39 is 6.10 Å². The standard InChI is InChI=1S/C19H20O2/c1-18-10-15(20)17-13-5-3-2-4-11(13)6-7-14(17)19(18)9-12(19)8-16(18)21/h2-7,12,15-16,20-21H,8-10H2,1H3/t12-,15+,16+,18-,19+/m1/s1. The largest absolute Gasteiger partial charge is 0.393 e. The zero-order chi connectivity index (χ0) is 14.4. The summed E-state index contributed by atoms with van der Waals surface area (Å²) in [5.41, 5.74) is 2.39. The second-order valence-electron chi connectivity index (χ2n) is 7.51. The first-order valence-electron chi connectivity index (χ1n) is 7.96. The second kappa shape index (κ2) is 3.50. The van der Waals surface area contributed by atoms with Crippen LogP contribution in [0.4, 0.5) is 0 Å². The van der Waals surface area contributed by atoms with Crippen LogP contribution in [0.5, 0.6) is 0 Å². The van der Waals surface area contributed by atoms with E-state index in [1.54, 1.807) is 0 Å². The maximum atomic E-state index is 10.8. The number of rotatable bonds is 0. The molecule has 108 valence electrons. The molecule has 2 fully saturated rings. The Morgan fingerprint density at radius 1 is 1.05 bits per heavy atom. The zero-order valence-corrected chi connectivity index (χ0v) is 12.2. The maximum absolute atomic E-state index is 10.8. The third kappa shape index (κ3) is 1.19. The number of aliphatic hydroxyl groups is 2. The van der Waals surface area contributed by atoms with Crippen LogP contribution in [0.15, 0.2) is 36.4 Å². The molecule has 2 heteroatoms. The molecular weight excluding hydrogens is 260 g/mol. The number of benzene rings is 2. The Hall–Kier alpha value is -1.38. The first-order valence-corrected chi connectivity index (χ1v) is 7.96. The molecule has 1 spiro atoms. The van der Waals surface area contributed by atoms with Crippen LogP contribution in [0.25, 0.3) is 10.8 Å². The van der Waals surface area contributed by atoms with Gasteiger partial charge in [-0.25, -0.2) is 0 Å². The molecule has 0 heterocycles. The van der Waals surface area contributed by atoms with Crippen LogP contribution in [0.1, 0.15) is 43.4 Å². The number of hydrogen-bond acceptors (Lipinski definition) is 2. The van der Waals surface area contributed by atoms with E-state index in [0.29, 0.717) is 12.3 Å². The first-order chi connectivity index (χ1) is 10.1. The molecular formula is C19H20O2. The third-order valence-corrected chi connectivity index (χ3v) is 6.77. The lowest BCUT2D eigenvalue weighted by atomic mass is 9.60. The number of fused-ring (bicyclic) bond motifs is 3. The molecule has 0 saturated heterocycles. The summed E-state index contributed by atoms with van der Waals surface area (Å²) in [4.78, 5) is 0. The lowest BCUT2D eigenvalue weighted by Gasteiger charge is -2.45. The van der Waals surface area contributed by atoms with Gasteiger partial charge in [0.05, 0.1) is 12.2 Å². The number of aliphatic hydroxyl groups excluding tert-OH is 2. The van der Waals surface area contributed by atoms with E-state index in [0.717, 1.165) is 12.0 Å². The fourth-order valence-electron chi connectivity index (χ4n) is 5.64. The molecule has 3 aliphatic rings. The average molecular weight is 280 g/mol. The second-order valence-corrected chi connectivity index (χ2v) is 7.51. The Bertz CT molecular complexity index is 767. The molecule has 5 atom stereocenters. The van der Waals surface area contributed by atoms with E-state index in [9.17, 15) is 10.2 Å². The Morgan fingerprint density at radius 3 is 2.71 bits per heavy atom. The van der Waals surface area contributed by atoms with E-state index in [1.165, 1.54) is 22.8 Å². The van der Waals surface area contributed by atoms with Crippen molar-refractivity contribution >= 4 is 10.8 Å². The maximum Gasteiger partial charge on any atom is 0.0805 e. The van der Waals surface area contributed by atoms with Crippen molar-refractivity contribution in [2.75, 3.05) is 0 Å². The predicted molar refractivity (Wildman–Crippen MR) is 82.0 cm³/mol. The van der Waals surface area contributed by atoms with Crippen molar-refractivity contribution in [1.82, 2.24) is 0 Å². The monoisotopic (exact) mass is 280 g/mol. The van der Waals surface area contributed by atoms with Crippen LogP contribution < -0.4 is 0 Å². The molecule has 2 nitrogen and oxygen atoms in total. The molecule has 5 rings (SSSR count). The lowest BCUT2D eigenvalue weighted by molar-refractivity contribution is -0.0191. The van der Waals surface area contributed by atoms with Crippen molar-refractivity contribution in [3.63, 3.8) is 0 Å². The van der Waals surface area contributed by atoms with E-state index >= 15 is 0 Å². The lowest BCUT2D eigenvalue weighted by Crippen LogP contribution is -2.44. The molecule has 0 radical (unpaired) electrons. The molecule has 2 N–H and O–H groups in total. The molecule has 2 aromatic rings. The van der Waals surface area contributed by atoms with Crippen LogP contribution in [-0.4, -0.2) is 16.3 Å². The van der Waals surface area contributed by atoms with Gasteiger partial charge in [-0.05, 0) is 47.1 Å². The van der Waals surface area contributed by atoms with Crippen molar-refractivity contribution in [1.29, 1.82) is 0 Å². The molecule has 0 unspecified atom stereocenters. The van der Waals surface area contributed by atoms with Gasteiger partial charge < -0.3 is 10.2 Å². The van der Waals surface area contributed by atoms with Crippen molar-refractivity contribution in [3.05, 3.63) is 47.5 Å². The summed E-state index contributed by atoms with van der Waals surface area (Å²) in [5.74, 6) is 0.602. The van der Waals surface area contributed by atoms with Gasteiger partial charge in [0.15, 0.2) is 0 Å². The van der Waals surface area contributed by atoms with Gasteiger partial charge in [-0.3, -0.25) is 0 Å². The highest BCUT2D eigenvalue weighted by Crippen LogP contribution is 2.77. The molecule has 21 heavy (non-hydrogen) atoms. The van der Waals surface area contributed by atoms with Crippen molar-refractivity contribution in [2.45, 2.75) is 43.8 Å². The van der Waals surface area contributed by atoms with Gasteiger partial charge >= 0.3 is 0 Å². The molecule has 3 aliphatic carbocycles. The van der Waals surface area contributed by atoms with E-state index in [-0.39, 0.29) is 16.9 Å². The molecule has 2 saturated carbocycles. The molecule has 0 bridgehead atoms. The fraction of sp³-hybridized carbons (Fsp3) is 0.474. The minimum Gasteiger partial charge on any atom is -0.393 e. The highest BCUT2D eigenvalue weighted by Gasteiger charge is 2.74. The smallest absolute Gasteiger partial charge is 0.0805 e. The van der Waals surface area contributed by atoms with Crippen LogP contribution in [0, 0.1) is 11.3 Å².